The number of nitrogens with two attached hydrogens (primary N) is 1. The van der Waals surface area contributed by atoms with Gasteiger partial charge in [0.25, 0.3) is 0 Å². The summed E-state index contributed by atoms with van der Waals surface area (Å²) in [6.45, 7) is 9.98. The SMILES string of the molecule is CCOC1CC(N)(C(=O)NC(C)c2ccc(C)c(F)c2)C1(C)C. The van der Waals surface area contributed by atoms with Crippen LogP contribution in [0, 0.1) is 18.2 Å². The van der Waals surface area contributed by atoms with Crippen LogP contribution >= 0.6 is 0 Å². The Labute approximate surface area is 137 Å². The van der Waals surface area contributed by atoms with Gasteiger partial charge in [-0.3, -0.25) is 4.79 Å². The van der Waals surface area contributed by atoms with Crippen LogP contribution in [0.5, 0.6) is 0 Å². The van der Waals surface area contributed by atoms with Crippen LogP contribution in [0.3, 0.4) is 0 Å². The zero-order valence-electron chi connectivity index (χ0n) is 14.6. The number of carbonyl (C=O) groups excluding carboxylic acids is 1. The normalized spacial score (nSPS) is 27.2. The second-order valence-corrected chi connectivity index (χ2v) is 7.04. The Kier molecular flexibility index (Phi) is 4.83. The fourth-order valence-electron chi connectivity index (χ4n) is 3.11. The Morgan fingerprint density at radius 1 is 1.52 bits per heavy atom. The Bertz CT molecular complexity index is 603. The Morgan fingerprint density at radius 3 is 2.70 bits per heavy atom. The van der Waals surface area contributed by atoms with E-state index >= 15 is 0 Å². The number of benzene rings is 1. The van der Waals surface area contributed by atoms with Gasteiger partial charge in [-0.2, -0.15) is 0 Å². The van der Waals surface area contributed by atoms with E-state index in [2.05, 4.69) is 5.32 Å². The number of amides is 1. The Balaban J connectivity index is 2.08. The number of rotatable bonds is 5. The number of hydrogen-bond donors (Lipinski definition) is 2. The van der Waals surface area contributed by atoms with Crippen molar-refractivity contribution in [2.45, 2.75) is 58.7 Å². The number of aryl methyl sites for hydroxylation is 1. The molecule has 0 heterocycles. The van der Waals surface area contributed by atoms with E-state index in [-0.39, 0.29) is 23.9 Å². The summed E-state index contributed by atoms with van der Waals surface area (Å²) in [4.78, 5) is 12.7. The van der Waals surface area contributed by atoms with Crippen LogP contribution < -0.4 is 11.1 Å². The van der Waals surface area contributed by atoms with Crippen LogP contribution in [-0.4, -0.2) is 24.2 Å². The molecule has 1 amide bonds. The number of nitrogens with one attached hydrogen (secondary N) is 1. The molecule has 2 rings (SSSR count). The van der Waals surface area contributed by atoms with E-state index in [1.807, 2.05) is 33.8 Å². The lowest BCUT2D eigenvalue weighted by molar-refractivity contribution is -0.171. The number of hydrogen-bond acceptors (Lipinski definition) is 3. The van der Waals surface area contributed by atoms with Crippen molar-refractivity contribution in [3.05, 3.63) is 35.1 Å². The van der Waals surface area contributed by atoms with Crippen molar-refractivity contribution in [1.82, 2.24) is 5.32 Å². The first-order valence-electron chi connectivity index (χ1n) is 8.11. The quantitative estimate of drug-likeness (QED) is 0.876. The summed E-state index contributed by atoms with van der Waals surface area (Å²) in [6.07, 6.45) is 0.477. The van der Waals surface area contributed by atoms with Crippen molar-refractivity contribution in [2.75, 3.05) is 6.61 Å². The molecule has 0 radical (unpaired) electrons. The fourth-order valence-corrected chi connectivity index (χ4v) is 3.11. The van der Waals surface area contributed by atoms with Crippen LogP contribution in [0.4, 0.5) is 4.39 Å². The first kappa shape index (κ1) is 17.9. The predicted molar refractivity (Wildman–Crippen MR) is 88.4 cm³/mol. The van der Waals surface area contributed by atoms with Gasteiger partial charge in [0.2, 0.25) is 5.91 Å². The highest BCUT2D eigenvalue weighted by Crippen LogP contribution is 2.50. The Hall–Kier alpha value is -1.46. The average molecular weight is 322 g/mol. The lowest BCUT2D eigenvalue weighted by atomic mass is 9.54. The standard InChI is InChI=1S/C18H27FN2O2/c1-6-23-15-10-18(20,17(15,4)5)16(22)21-12(3)13-8-7-11(2)14(19)9-13/h7-9,12,15H,6,10,20H2,1-5H3,(H,21,22). The summed E-state index contributed by atoms with van der Waals surface area (Å²) in [5, 5.41) is 2.92. The molecule has 3 atom stereocenters. The van der Waals surface area contributed by atoms with Crippen LogP contribution in [0.1, 0.15) is 51.3 Å². The van der Waals surface area contributed by atoms with Gasteiger partial charge in [0.1, 0.15) is 11.4 Å². The molecule has 0 saturated heterocycles. The van der Waals surface area contributed by atoms with Crippen molar-refractivity contribution in [3.63, 3.8) is 0 Å². The third-order valence-electron chi connectivity index (χ3n) is 5.28. The molecule has 0 spiro atoms. The molecular formula is C18H27FN2O2. The van der Waals surface area contributed by atoms with Crippen molar-refractivity contribution in [2.24, 2.45) is 11.1 Å². The molecule has 128 valence electrons. The summed E-state index contributed by atoms with van der Waals surface area (Å²) in [5.74, 6) is -0.488. The van der Waals surface area contributed by atoms with E-state index in [1.165, 1.54) is 6.07 Å². The Morgan fingerprint density at radius 2 is 2.17 bits per heavy atom. The molecule has 4 nitrogen and oxygen atoms in total. The highest BCUT2D eigenvalue weighted by molar-refractivity contribution is 5.89. The molecule has 0 bridgehead atoms. The van der Waals surface area contributed by atoms with Gasteiger partial charge in [-0.1, -0.05) is 26.0 Å². The minimum absolute atomic E-state index is 0.0182. The monoisotopic (exact) mass is 322 g/mol. The second kappa shape index (κ2) is 6.21. The van der Waals surface area contributed by atoms with E-state index in [9.17, 15) is 9.18 Å². The van der Waals surface area contributed by atoms with E-state index in [0.29, 0.717) is 18.6 Å². The van der Waals surface area contributed by atoms with E-state index < -0.39 is 11.0 Å². The van der Waals surface area contributed by atoms with Crippen LogP contribution in [-0.2, 0) is 9.53 Å². The van der Waals surface area contributed by atoms with Gasteiger partial charge < -0.3 is 15.8 Å². The summed E-state index contributed by atoms with van der Waals surface area (Å²) < 4.78 is 19.3. The van der Waals surface area contributed by atoms with Gasteiger partial charge in [-0.05, 0) is 38.0 Å². The zero-order valence-corrected chi connectivity index (χ0v) is 14.6. The minimum Gasteiger partial charge on any atom is -0.378 e. The molecule has 23 heavy (non-hydrogen) atoms. The molecule has 3 unspecified atom stereocenters. The lowest BCUT2D eigenvalue weighted by Gasteiger charge is -2.57. The van der Waals surface area contributed by atoms with Gasteiger partial charge in [0.15, 0.2) is 0 Å². The van der Waals surface area contributed by atoms with Crippen molar-refractivity contribution >= 4 is 5.91 Å². The van der Waals surface area contributed by atoms with Gasteiger partial charge >= 0.3 is 0 Å². The highest BCUT2D eigenvalue weighted by atomic mass is 19.1. The van der Waals surface area contributed by atoms with E-state index in [4.69, 9.17) is 10.5 Å². The fraction of sp³-hybridized carbons (Fsp3) is 0.611. The van der Waals surface area contributed by atoms with Crippen molar-refractivity contribution in [1.29, 1.82) is 0 Å². The second-order valence-electron chi connectivity index (χ2n) is 7.04. The van der Waals surface area contributed by atoms with Gasteiger partial charge in [0.05, 0.1) is 12.1 Å². The molecule has 1 saturated carbocycles. The molecule has 1 aliphatic carbocycles. The minimum atomic E-state index is -0.968. The zero-order chi connectivity index (χ0) is 17.4. The smallest absolute Gasteiger partial charge is 0.241 e. The molecule has 0 aromatic heterocycles. The molecule has 1 aromatic rings. The van der Waals surface area contributed by atoms with E-state index in [0.717, 1.165) is 5.56 Å². The third-order valence-corrected chi connectivity index (χ3v) is 5.28. The molecule has 0 aliphatic heterocycles. The first-order chi connectivity index (χ1) is 10.6. The van der Waals surface area contributed by atoms with Crippen molar-refractivity contribution < 1.29 is 13.9 Å². The summed E-state index contributed by atoms with van der Waals surface area (Å²) in [7, 11) is 0. The van der Waals surface area contributed by atoms with Crippen molar-refractivity contribution in [3.8, 4) is 0 Å². The van der Waals surface area contributed by atoms with E-state index in [1.54, 1.807) is 13.0 Å². The van der Waals surface area contributed by atoms with Crippen LogP contribution in [0.15, 0.2) is 18.2 Å². The average Bonchev–Trinajstić information content (AvgIpc) is 2.49. The summed E-state index contributed by atoms with van der Waals surface area (Å²) in [5.41, 5.74) is 6.26. The van der Waals surface area contributed by atoms with Crippen LogP contribution in [0.2, 0.25) is 0 Å². The van der Waals surface area contributed by atoms with Gasteiger partial charge in [0, 0.05) is 18.4 Å². The molecule has 3 N–H and O–H groups in total. The molecule has 1 aliphatic rings. The molecule has 1 aromatic carbocycles. The summed E-state index contributed by atoms with van der Waals surface area (Å²) in [6, 6.07) is 4.68. The predicted octanol–water partition coefficient (Wildman–Crippen LogP) is 2.84. The molecular weight excluding hydrogens is 295 g/mol. The summed E-state index contributed by atoms with van der Waals surface area (Å²) >= 11 is 0. The third kappa shape index (κ3) is 3.00. The lowest BCUT2D eigenvalue weighted by Crippen LogP contribution is -2.75. The number of carbonyl (C=O) groups is 1. The number of halogens is 1. The van der Waals surface area contributed by atoms with Crippen LogP contribution in [0.25, 0.3) is 0 Å². The maximum absolute atomic E-state index is 13.7. The molecule has 5 heteroatoms. The molecule has 1 fully saturated rings. The first-order valence-corrected chi connectivity index (χ1v) is 8.11. The maximum atomic E-state index is 13.7. The topological polar surface area (TPSA) is 64.3 Å². The number of ether oxygens (including phenoxy) is 1. The van der Waals surface area contributed by atoms with Gasteiger partial charge in [-0.15, -0.1) is 0 Å². The largest absolute Gasteiger partial charge is 0.378 e. The highest BCUT2D eigenvalue weighted by Gasteiger charge is 2.62. The van der Waals surface area contributed by atoms with Gasteiger partial charge in [-0.25, -0.2) is 4.39 Å². The maximum Gasteiger partial charge on any atom is 0.241 e.